The second-order valence-corrected chi connectivity index (χ2v) is 19.8. The minimum atomic E-state index is -2.48. The zero-order chi connectivity index (χ0) is 37.3. The van der Waals surface area contributed by atoms with E-state index in [0.29, 0.717) is 34.1 Å². The first-order valence-electron chi connectivity index (χ1n) is 17.1. The van der Waals surface area contributed by atoms with E-state index in [9.17, 15) is 19.5 Å². The van der Waals surface area contributed by atoms with Crippen molar-refractivity contribution in [3.8, 4) is 17.2 Å². The number of carbonyl (C=O) groups is 3. The molecule has 4 aliphatic rings. The number of aliphatic hydroxyl groups excluding tert-OH is 1. The molecule has 0 aromatic heterocycles. The molecule has 1 saturated heterocycles. The molecule has 0 saturated carbocycles. The lowest BCUT2D eigenvalue weighted by Crippen LogP contribution is -2.68. The maximum absolute atomic E-state index is 14.9. The summed E-state index contributed by atoms with van der Waals surface area (Å²) in [5.41, 5.74) is 3.57. The highest BCUT2D eigenvalue weighted by molar-refractivity contribution is 6.74. The van der Waals surface area contributed by atoms with Gasteiger partial charge in [-0.2, -0.15) is 0 Å². The van der Waals surface area contributed by atoms with Crippen LogP contribution in [0, 0.1) is 6.92 Å². The smallest absolute Gasteiger partial charge is 0.250 e. The van der Waals surface area contributed by atoms with Crippen LogP contribution >= 0.6 is 0 Å². The molecule has 11 nitrogen and oxygen atoms in total. The molecule has 0 radical (unpaired) electrons. The first-order valence-corrected chi connectivity index (χ1v) is 20.0. The van der Waals surface area contributed by atoms with Crippen molar-refractivity contribution >= 4 is 31.9 Å². The van der Waals surface area contributed by atoms with E-state index < -0.39 is 50.0 Å². The monoisotopic (exact) mass is 716 g/mol. The third-order valence-corrected chi connectivity index (χ3v) is 15.5. The number of Topliss-reactive ketones (excluding diaryl/α,β-unsaturated/α-hetero) is 2. The van der Waals surface area contributed by atoms with Gasteiger partial charge < -0.3 is 33.4 Å². The molecule has 51 heavy (non-hydrogen) atoms. The average molecular weight is 717 g/mol. The molecular weight excluding hydrogens is 669 g/mol. The van der Waals surface area contributed by atoms with Crippen LogP contribution in [0.4, 0.5) is 0 Å². The molecular formula is C39H48N2O9Si. The van der Waals surface area contributed by atoms with Gasteiger partial charge in [-0.25, -0.2) is 0 Å². The Morgan fingerprint density at radius 1 is 0.882 bits per heavy atom. The Balaban J connectivity index is 1.64. The maximum atomic E-state index is 14.9. The Bertz CT molecular complexity index is 1910. The van der Waals surface area contributed by atoms with Gasteiger partial charge in [0.25, 0.3) is 8.32 Å². The van der Waals surface area contributed by atoms with Gasteiger partial charge in [0.2, 0.25) is 11.7 Å². The molecule has 12 heteroatoms. The van der Waals surface area contributed by atoms with E-state index in [4.69, 9.17) is 23.4 Å². The summed E-state index contributed by atoms with van der Waals surface area (Å²) in [5.74, 6) is -0.0372. The molecule has 3 aliphatic heterocycles. The fraction of sp³-hybridized carbons (Fsp3) is 0.462. The van der Waals surface area contributed by atoms with Crippen LogP contribution in [0.1, 0.15) is 56.0 Å². The van der Waals surface area contributed by atoms with E-state index in [2.05, 4.69) is 33.9 Å². The number of rotatable bonds is 9. The van der Waals surface area contributed by atoms with Crippen molar-refractivity contribution in [1.29, 1.82) is 0 Å². The summed E-state index contributed by atoms with van der Waals surface area (Å²) < 4.78 is 31.0. The van der Waals surface area contributed by atoms with Crippen molar-refractivity contribution < 1.29 is 42.9 Å². The SMILES string of the molecule is COC1=C(C)C(=O)C2=C(C1=O)[C@@H]1C3=Cc4c(O[Si](C)(C)C(C)(C)C)c(C)c(OC)c(OC)c4[C@H](COCc4ccccc4)N3C(=O)[C@H]([C@H]2O)N1C. The molecule has 1 fully saturated rings. The number of ether oxygens (including phenoxy) is 4. The van der Waals surface area contributed by atoms with E-state index in [1.54, 1.807) is 31.1 Å². The zero-order valence-electron chi connectivity index (χ0n) is 31.3. The highest BCUT2D eigenvalue weighted by Crippen LogP contribution is 2.56. The number of allylic oxidation sites excluding steroid dienone is 2. The number of carbonyl (C=O) groups excluding carboxylic acids is 3. The highest BCUT2D eigenvalue weighted by Gasteiger charge is 2.59. The number of aliphatic hydroxyl groups is 1. The number of piperazine rings is 1. The average Bonchev–Trinajstić information content (AvgIpc) is 3.07. The number of amides is 1. The normalized spacial score (nSPS) is 23.5. The molecule has 2 aromatic carbocycles. The Kier molecular flexibility index (Phi) is 9.37. The molecule has 0 unspecified atom stereocenters. The van der Waals surface area contributed by atoms with Gasteiger partial charge in [0, 0.05) is 39.1 Å². The number of methoxy groups -OCH3 is 3. The van der Waals surface area contributed by atoms with Gasteiger partial charge in [-0.15, -0.1) is 0 Å². The first-order chi connectivity index (χ1) is 24.0. The molecule has 1 amide bonds. The van der Waals surface area contributed by atoms with E-state index >= 15 is 0 Å². The molecule has 1 N–H and O–H groups in total. The number of fused-ring (bicyclic) bond motifs is 6. The van der Waals surface area contributed by atoms with Crippen molar-refractivity contribution in [1.82, 2.24) is 9.80 Å². The van der Waals surface area contributed by atoms with E-state index in [1.807, 2.05) is 43.3 Å². The minimum absolute atomic E-state index is 0.0352. The number of nitrogens with zero attached hydrogens (tertiary/aromatic N) is 2. The number of hydrogen-bond donors (Lipinski definition) is 1. The molecule has 4 atom stereocenters. The standard InChI is InChI=1S/C39H48N2O9Si/c1-20-31(42)28-27(33(44)35(20)46-7)29-24-17-23-26(37(48-9)36(47-8)21(2)34(23)50-51(10,11)39(3,4)5)25(19-49-18-22-15-13-12-14-16-22)41(24)38(45)30(32(28)43)40(29)6/h12-17,25,29-30,32,43H,18-19H2,1-11H3/t25-,29-,30-,32-/m0/s1. The predicted molar refractivity (Wildman–Crippen MR) is 194 cm³/mol. The highest BCUT2D eigenvalue weighted by atomic mass is 28.4. The summed E-state index contributed by atoms with van der Waals surface area (Å²) in [4.78, 5) is 46.1. The molecule has 6 rings (SSSR count). The van der Waals surface area contributed by atoms with Crippen molar-refractivity contribution in [3.05, 3.63) is 80.8 Å². The topological polar surface area (TPSA) is 124 Å². The Morgan fingerprint density at radius 3 is 2.12 bits per heavy atom. The lowest BCUT2D eigenvalue weighted by molar-refractivity contribution is -0.150. The fourth-order valence-electron chi connectivity index (χ4n) is 7.55. The second kappa shape index (κ2) is 13.1. The van der Waals surface area contributed by atoms with E-state index in [-0.39, 0.29) is 40.7 Å². The summed E-state index contributed by atoms with van der Waals surface area (Å²) in [7, 11) is 3.69. The van der Waals surface area contributed by atoms with Crippen LogP contribution in [0.25, 0.3) is 6.08 Å². The lowest BCUT2D eigenvalue weighted by Gasteiger charge is -2.55. The van der Waals surface area contributed by atoms with Gasteiger partial charge in [0.05, 0.1) is 46.6 Å². The number of benzene rings is 2. The van der Waals surface area contributed by atoms with Gasteiger partial charge in [-0.1, -0.05) is 51.1 Å². The van der Waals surface area contributed by atoms with Gasteiger partial charge >= 0.3 is 0 Å². The van der Waals surface area contributed by atoms with Crippen LogP contribution in [-0.4, -0.2) is 93.9 Å². The van der Waals surface area contributed by atoms with Crippen LogP contribution in [-0.2, 0) is 30.5 Å². The third-order valence-electron chi connectivity index (χ3n) is 11.2. The first kappa shape index (κ1) is 36.6. The minimum Gasteiger partial charge on any atom is -0.543 e. The molecule has 0 spiro atoms. The Hall–Kier alpha value is -4.23. The zero-order valence-corrected chi connectivity index (χ0v) is 32.3. The fourth-order valence-corrected chi connectivity index (χ4v) is 8.63. The van der Waals surface area contributed by atoms with Crippen molar-refractivity contribution in [2.45, 2.75) is 83.6 Å². The predicted octanol–water partition coefficient (Wildman–Crippen LogP) is 5.26. The maximum Gasteiger partial charge on any atom is 0.250 e. The molecule has 1 aliphatic carbocycles. The third kappa shape index (κ3) is 5.54. The van der Waals surface area contributed by atoms with Crippen molar-refractivity contribution in [2.24, 2.45) is 0 Å². The second-order valence-electron chi connectivity index (χ2n) is 15.1. The number of ketones is 2. The van der Waals surface area contributed by atoms with Crippen LogP contribution in [0.2, 0.25) is 18.1 Å². The lowest BCUT2D eigenvalue weighted by atomic mass is 9.72. The van der Waals surface area contributed by atoms with Crippen LogP contribution in [0.15, 0.2) is 58.5 Å². The van der Waals surface area contributed by atoms with E-state index in [0.717, 1.165) is 11.1 Å². The molecule has 3 heterocycles. The summed E-state index contributed by atoms with van der Waals surface area (Å²) in [5, 5.41) is 11.6. The molecule has 272 valence electrons. The van der Waals surface area contributed by atoms with Crippen molar-refractivity contribution in [3.63, 3.8) is 0 Å². The number of hydrogen-bond acceptors (Lipinski definition) is 10. The molecule has 2 aromatic rings. The van der Waals surface area contributed by atoms with Gasteiger partial charge in [0.1, 0.15) is 17.9 Å². The quantitative estimate of drug-likeness (QED) is 0.272. The largest absolute Gasteiger partial charge is 0.543 e. The van der Waals surface area contributed by atoms with Gasteiger partial charge in [-0.3, -0.25) is 19.3 Å². The summed E-state index contributed by atoms with van der Waals surface area (Å²) >= 11 is 0. The van der Waals surface area contributed by atoms with Gasteiger partial charge in [-0.05, 0) is 50.7 Å². The summed E-state index contributed by atoms with van der Waals surface area (Å²) in [6.07, 6.45) is 0.312. The number of likely N-dealkylation sites (N-methyl/N-ethyl adjacent to an activating group) is 1. The summed E-state index contributed by atoms with van der Waals surface area (Å²) in [6.45, 7) is 14.5. The summed E-state index contributed by atoms with van der Waals surface area (Å²) in [6, 6.07) is 6.90. The van der Waals surface area contributed by atoms with E-state index in [1.165, 1.54) is 14.0 Å². The van der Waals surface area contributed by atoms with Crippen LogP contribution < -0.4 is 13.9 Å². The molecule has 2 bridgehead atoms. The van der Waals surface area contributed by atoms with Crippen molar-refractivity contribution in [2.75, 3.05) is 35.0 Å². The van der Waals surface area contributed by atoms with Gasteiger partial charge in [0.15, 0.2) is 23.0 Å². The Morgan fingerprint density at radius 2 is 1.53 bits per heavy atom. The Labute approximate surface area is 300 Å². The van der Waals surface area contributed by atoms with Crippen LogP contribution in [0.5, 0.6) is 17.2 Å². The van der Waals surface area contributed by atoms with Crippen LogP contribution in [0.3, 0.4) is 0 Å².